The Balaban J connectivity index is 1.26. The first-order chi connectivity index (χ1) is 19.0. The summed E-state index contributed by atoms with van der Waals surface area (Å²) in [6.45, 7) is 5.51. The van der Waals surface area contributed by atoms with E-state index in [4.69, 9.17) is 15.7 Å². The van der Waals surface area contributed by atoms with E-state index in [9.17, 15) is 9.18 Å². The molecule has 1 saturated carbocycles. The molecule has 0 aromatic heterocycles. The summed E-state index contributed by atoms with van der Waals surface area (Å²) in [6.07, 6.45) is 4.04. The van der Waals surface area contributed by atoms with Crippen molar-refractivity contribution in [1.82, 2.24) is 10.2 Å². The van der Waals surface area contributed by atoms with Gasteiger partial charge in [-0.25, -0.2) is 9.18 Å². The average Bonchev–Trinajstić information content (AvgIpc) is 3.40. The summed E-state index contributed by atoms with van der Waals surface area (Å²) < 4.78 is 20.4. The molecule has 2 aliphatic heterocycles. The van der Waals surface area contributed by atoms with Crippen molar-refractivity contribution in [2.45, 2.75) is 43.6 Å². The number of benzene rings is 2. The Hall–Kier alpha value is -3.15. The fraction of sp³-hybridized carbons (Fsp3) is 0.548. The van der Waals surface area contributed by atoms with E-state index in [2.05, 4.69) is 21.2 Å². The first kappa shape index (κ1) is 27.4. The molecule has 208 valence electrons. The minimum atomic E-state index is -0.438. The summed E-state index contributed by atoms with van der Waals surface area (Å²) in [6, 6.07) is 16.9. The zero-order valence-electron chi connectivity index (χ0n) is 22.8. The molecule has 3 fully saturated rings. The van der Waals surface area contributed by atoms with Crippen LogP contribution in [0.25, 0.3) is 0 Å². The van der Waals surface area contributed by atoms with E-state index in [-0.39, 0.29) is 23.8 Å². The summed E-state index contributed by atoms with van der Waals surface area (Å²) in [5, 5.41) is 11.6. The molecular weight excluding hydrogens is 493 g/mol. The number of likely N-dealkylation sites (tertiary alicyclic amines) is 1. The van der Waals surface area contributed by atoms with E-state index in [0.29, 0.717) is 18.0 Å². The fourth-order valence-corrected chi connectivity index (χ4v) is 7.46. The van der Waals surface area contributed by atoms with Gasteiger partial charge in [-0.05, 0) is 93.1 Å². The molecule has 2 aromatic carbocycles. The Morgan fingerprint density at radius 1 is 1.15 bits per heavy atom. The Kier molecular flexibility index (Phi) is 8.39. The molecule has 3 N–H and O–H groups in total. The quantitative estimate of drug-likeness (QED) is 0.527. The maximum atomic E-state index is 14.5. The van der Waals surface area contributed by atoms with Crippen LogP contribution in [0, 0.1) is 34.9 Å². The largest absolute Gasteiger partial charge is 0.446 e. The van der Waals surface area contributed by atoms with E-state index < -0.39 is 11.5 Å². The van der Waals surface area contributed by atoms with Gasteiger partial charge in [-0.15, -0.1) is 0 Å². The van der Waals surface area contributed by atoms with Gasteiger partial charge in [-0.1, -0.05) is 12.1 Å². The van der Waals surface area contributed by atoms with E-state index in [1.165, 1.54) is 11.8 Å². The number of hydrogen-bond donors (Lipinski definition) is 2. The van der Waals surface area contributed by atoms with Crippen LogP contribution in [0.2, 0.25) is 0 Å². The first-order valence-electron chi connectivity index (χ1n) is 14.3. The number of alkyl carbamates (subject to hydrolysis) is 1. The third-order valence-corrected chi connectivity index (χ3v) is 9.43. The van der Waals surface area contributed by atoms with Crippen LogP contribution in [0.4, 0.5) is 14.9 Å². The number of hydrogen-bond acceptors (Lipinski definition) is 6. The highest BCUT2D eigenvalue weighted by atomic mass is 19.1. The number of carbonyl (C=O) groups is 1. The molecule has 5 rings (SSSR count). The van der Waals surface area contributed by atoms with Gasteiger partial charge in [0.05, 0.1) is 11.6 Å². The van der Waals surface area contributed by atoms with Crippen LogP contribution >= 0.6 is 0 Å². The molecule has 3 atom stereocenters. The summed E-state index contributed by atoms with van der Waals surface area (Å²) in [7, 11) is 1.58. The van der Waals surface area contributed by atoms with Gasteiger partial charge >= 0.3 is 6.09 Å². The van der Waals surface area contributed by atoms with Crippen molar-refractivity contribution in [2.75, 3.05) is 51.2 Å². The average molecular weight is 534 g/mol. The number of nitrogens with zero attached hydrogens (tertiary/aromatic N) is 3. The highest BCUT2D eigenvalue weighted by Crippen LogP contribution is 2.50. The highest BCUT2D eigenvalue weighted by molar-refractivity contribution is 5.67. The standard InChI is InChI=1S/C31H40FN5O2/c1-35-30(38)39-29-7-3-6-28(29)31(21-34,25-4-2-5-26(32)16-25)24-12-14-36(15-13-24)18-23-19-37(20-23)27-10-8-22(17-33)9-11-27/h2,4-5,8-11,16,23-24,28-29H,3,6-7,12-15,18-21,34H2,1H3,(H,35,38). The number of carbonyl (C=O) groups excluding carboxylic acids is 1. The second kappa shape index (κ2) is 11.9. The molecule has 1 aliphatic carbocycles. The fourth-order valence-electron chi connectivity index (χ4n) is 7.46. The maximum absolute atomic E-state index is 14.5. The first-order valence-corrected chi connectivity index (χ1v) is 14.3. The number of ether oxygens (including phenoxy) is 1. The van der Waals surface area contributed by atoms with Gasteiger partial charge in [0, 0.05) is 56.2 Å². The molecule has 3 aliphatic rings. The summed E-state index contributed by atoms with van der Waals surface area (Å²) in [4.78, 5) is 17.1. The Bertz CT molecular complexity index is 1170. The molecule has 2 aromatic rings. The Morgan fingerprint density at radius 2 is 1.90 bits per heavy atom. The van der Waals surface area contributed by atoms with Gasteiger partial charge in [-0.3, -0.25) is 0 Å². The molecule has 0 spiro atoms. The van der Waals surface area contributed by atoms with Crippen LogP contribution in [-0.2, 0) is 10.2 Å². The third kappa shape index (κ3) is 5.61. The van der Waals surface area contributed by atoms with E-state index >= 15 is 0 Å². The van der Waals surface area contributed by atoms with Crippen LogP contribution in [0.3, 0.4) is 0 Å². The second-order valence-electron chi connectivity index (χ2n) is 11.5. The van der Waals surface area contributed by atoms with E-state index in [1.54, 1.807) is 19.2 Å². The van der Waals surface area contributed by atoms with E-state index in [1.807, 2.05) is 30.3 Å². The second-order valence-corrected chi connectivity index (χ2v) is 11.5. The molecule has 0 bridgehead atoms. The van der Waals surface area contributed by atoms with Crippen molar-refractivity contribution >= 4 is 11.8 Å². The van der Waals surface area contributed by atoms with E-state index in [0.717, 1.165) is 70.4 Å². The van der Waals surface area contributed by atoms with Gasteiger partial charge in [0.2, 0.25) is 0 Å². The number of nitrogens with two attached hydrogens (primary N) is 1. The molecule has 8 heteroatoms. The summed E-state index contributed by atoms with van der Waals surface area (Å²) in [5.41, 5.74) is 9.02. The van der Waals surface area contributed by atoms with Crippen molar-refractivity contribution in [3.05, 3.63) is 65.5 Å². The van der Waals surface area contributed by atoms with Crippen LogP contribution < -0.4 is 16.0 Å². The van der Waals surface area contributed by atoms with Crippen LogP contribution in [0.1, 0.15) is 43.2 Å². The summed E-state index contributed by atoms with van der Waals surface area (Å²) >= 11 is 0. The van der Waals surface area contributed by atoms with Crippen molar-refractivity contribution in [1.29, 1.82) is 5.26 Å². The Labute approximate surface area is 231 Å². The predicted octanol–water partition coefficient (Wildman–Crippen LogP) is 4.27. The SMILES string of the molecule is CNC(=O)OC1CCCC1C(CN)(c1cccc(F)c1)C1CCN(CC2CN(c3ccc(C#N)cc3)C2)CC1. The van der Waals surface area contributed by atoms with Crippen LogP contribution in [-0.4, -0.2) is 63.4 Å². The molecule has 39 heavy (non-hydrogen) atoms. The monoisotopic (exact) mass is 533 g/mol. The predicted molar refractivity (Wildman–Crippen MR) is 150 cm³/mol. The maximum Gasteiger partial charge on any atom is 0.407 e. The lowest BCUT2D eigenvalue weighted by atomic mass is 9.58. The molecule has 0 radical (unpaired) electrons. The molecular formula is C31H40FN5O2. The van der Waals surface area contributed by atoms with Crippen LogP contribution in [0.15, 0.2) is 48.5 Å². The minimum Gasteiger partial charge on any atom is -0.446 e. The van der Waals surface area contributed by atoms with Crippen LogP contribution in [0.5, 0.6) is 0 Å². The molecule has 1 amide bonds. The summed E-state index contributed by atoms with van der Waals surface area (Å²) in [5.74, 6) is 0.725. The Morgan fingerprint density at radius 3 is 2.54 bits per heavy atom. The van der Waals surface area contributed by atoms with Gasteiger partial charge in [0.15, 0.2) is 0 Å². The lowest BCUT2D eigenvalue weighted by Crippen LogP contribution is -2.56. The number of amides is 1. The van der Waals surface area contributed by atoms with Crippen molar-refractivity contribution in [3.8, 4) is 6.07 Å². The number of nitrogens with one attached hydrogen (secondary N) is 1. The van der Waals surface area contributed by atoms with Gasteiger partial charge in [-0.2, -0.15) is 5.26 Å². The zero-order chi connectivity index (χ0) is 27.4. The third-order valence-electron chi connectivity index (χ3n) is 9.43. The highest BCUT2D eigenvalue weighted by Gasteiger charge is 2.52. The lowest BCUT2D eigenvalue weighted by Gasteiger charge is -2.50. The number of anilines is 1. The minimum absolute atomic E-state index is 0.0609. The zero-order valence-corrected chi connectivity index (χ0v) is 22.8. The van der Waals surface area contributed by atoms with Crippen molar-refractivity contribution in [3.63, 3.8) is 0 Å². The lowest BCUT2D eigenvalue weighted by molar-refractivity contribution is 0.0132. The number of piperidine rings is 1. The molecule has 3 unspecified atom stereocenters. The number of nitriles is 1. The molecule has 2 heterocycles. The van der Waals surface area contributed by atoms with Gasteiger partial charge < -0.3 is 25.6 Å². The number of halogens is 1. The smallest absolute Gasteiger partial charge is 0.407 e. The normalized spacial score (nSPS) is 24.0. The molecule has 7 nitrogen and oxygen atoms in total. The van der Waals surface area contributed by atoms with Crippen molar-refractivity contribution < 1.29 is 13.9 Å². The van der Waals surface area contributed by atoms with Gasteiger partial charge in [0.25, 0.3) is 0 Å². The number of rotatable bonds is 8. The molecule has 2 saturated heterocycles. The van der Waals surface area contributed by atoms with Crippen molar-refractivity contribution in [2.24, 2.45) is 23.5 Å². The topological polar surface area (TPSA) is 94.6 Å². The van der Waals surface area contributed by atoms with Gasteiger partial charge in [0.1, 0.15) is 11.9 Å².